The van der Waals surface area contributed by atoms with Crippen molar-refractivity contribution in [2.75, 3.05) is 0 Å². The van der Waals surface area contributed by atoms with Gasteiger partial charge in [-0.25, -0.2) is 0 Å². The highest BCUT2D eigenvalue weighted by molar-refractivity contribution is 5.91. The third kappa shape index (κ3) is 2.18. The Balaban J connectivity index is 2.78. The molecule has 0 heterocycles. The van der Waals surface area contributed by atoms with Gasteiger partial charge in [0.25, 0.3) is 0 Å². The Labute approximate surface area is 68.5 Å². The average molecular weight is 152 g/mol. The van der Waals surface area contributed by atoms with E-state index in [9.17, 15) is 4.79 Å². The van der Waals surface area contributed by atoms with E-state index in [0.29, 0.717) is 5.78 Å². The summed E-state index contributed by atoms with van der Waals surface area (Å²) in [5.41, 5.74) is 1.52. The van der Waals surface area contributed by atoms with Crippen molar-refractivity contribution >= 4 is 5.78 Å². The first-order chi connectivity index (χ1) is 5.03. The van der Waals surface area contributed by atoms with Gasteiger partial charge < -0.3 is 0 Å². The molecule has 1 rings (SSSR count). The van der Waals surface area contributed by atoms with E-state index in [0.717, 1.165) is 19.3 Å². The molecule has 0 atom stereocenters. The number of allylic oxidation sites excluding steroid dienone is 2. The Morgan fingerprint density at radius 3 is 2.55 bits per heavy atom. The van der Waals surface area contributed by atoms with Crippen LogP contribution < -0.4 is 0 Å². The zero-order chi connectivity index (χ0) is 8.48. The Kier molecular flexibility index (Phi) is 2.17. The molecule has 1 aliphatic carbocycles. The van der Waals surface area contributed by atoms with Crippen molar-refractivity contribution in [2.45, 2.75) is 40.0 Å². The van der Waals surface area contributed by atoms with Gasteiger partial charge in [-0.3, -0.25) is 4.79 Å². The molecule has 1 aliphatic rings. The molecule has 0 amide bonds. The molecule has 0 radical (unpaired) electrons. The van der Waals surface area contributed by atoms with Gasteiger partial charge >= 0.3 is 0 Å². The topological polar surface area (TPSA) is 17.1 Å². The molecule has 1 heteroatoms. The van der Waals surface area contributed by atoms with Crippen LogP contribution in [0.4, 0.5) is 0 Å². The molecule has 62 valence electrons. The lowest BCUT2D eigenvalue weighted by Crippen LogP contribution is -2.21. The van der Waals surface area contributed by atoms with E-state index in [4.69, 9.17) is 0 Å². The summed E-state index contributed by atoms with van der Waals surface area (Å²) in [6.07, 6.45) is 4.66. The van der Waals surface area contributed by atoms with Crippen LogP contribution in [0.2, 0.25) is 0 Å². The number of carbonyl (C=O) groups is 1. The van der Waals surface area contributed by atoms with Crippen LogP contribution in [0.25, 0.3) is 0 Å². The second-order valence-corrected chi connectivity index (χ2v) is 4.14. The summed E-state index contributed by atoms with van der Waals surface area (Å²) >= 11 is 0. The van der Waals surface area contributed by atoms with Crippen LogP contribution in [0, 0.1) is 5.41 Å². The Hall–Kier alpha value is -0.590. The monoisotopic (exact) mass is 152 g/mol. The SMILES string of the molecule is CCC1=CC(=O)CC(C)(C)C1. The first-order valence-electron chi connectivity index (χ1n) is 4.26. The number of carbonyl (C=O) groups excluding carboxylic acids is 1. The normalized spacial score (nSPS) is 23.2. The summed E-state index contributed by atoms with van der Waals surface area (Å²) in [7, 11) is 0. The standard InChI is InChI=1S/C10H16O/c1-4-8-5-9(11)7-10(2,3)6-8/h5H,4,6-7H2,1-3H3. The minimum Gasteiger partial charge on any atom is -0.295 e. The Morgan fingerprint density at radius 1 is 1.45 bits per heavy atom. The van der Waals surface area contributed by atoms with Gasteiger partial charge in [-0.15, -0.1) is 0 Å². The minimum absolute atomic E-state index is 0.206. The summed E-state index contributed by atoms with van der Waals surface area (Å²) < 4.78 is 0. The molecule has 11 heavy (non-hydrogen) atoms. The van der Waals surface area contributed by atoms with E-state index in [1.54, 1.807) is 0 Å². The van der Waals surface area contributed by atoms with Crippen molar-refractivity contribution in [1.29, 1.82) is 0 Å². The molecular formula is C10H16O. The van der Waals surface area contributed by atoms with Gasteiger partial charge in [0, 0.05) is 6.42 Å². The lowest BCUT2D eigenvalue weighted by molar-refractivity contribution is -0.117. The third-order valence-corrected chi connectivity index (χ3v) is 2.18. The highest BCUT2D eigenvalue weighted by atomic mass is 16.1. The molecule has 0 unspecified atom stereocenters. The molecule has 0 aromatic carbocycles. The lowest BCUT2D eigenvalue weighted by Gasteiger charge is -2.28. The molecule has 0 bridgehead atoms. The number of hydrogen-bond acceptors (Lipinski definition) is 1. The van der Waals surface area contributed by atoms with Crippen molar-refractivity contribution in [3.63, 3.8) is 0 Å². The fourth-order valence-corrected chi connectivity index (χ4v) is 1.71. The first kappa shape index (κ1) is 8.51. The fourth-order valence-electron chi connectivity index (χ4n) is 1.71. The third-order valence-electron chi connectivity index (χ3n) is 2.18. The minimum atomic E-state index is 0.206. The predicted octanol–water partition coefficient (Wildman–Crippen LogP) is 2.71. The molecule has 0 saturated carbocycles. The maximum atomic E-state index is 11.2. The molecule has 0 aliphatic heterocycles. The smallest absolute Gasteiger partial charge is 0.156 e. The van der Waals surface area contributed by atoms with E-state index < -0.39 is 0 Å². The number of rotatable bonds is 1. The van der Waals surface area contributed by atoms with E-state index in [2.05, 4.69) is 20.8 Å². The fraction of sp³-hybridized carbons (Fsp3) is 0.700. The highest BCUT2D eigenvalue weighted by Gasteiger charge is 2.26. The van der Waals surface area contributed by atoms with Crippen LogP contribution >= 0.6 is 0 Å². The Morgan fingerprint density at radius 2 is 2.09 bits per heavy atom. The van der Waals surface area contributed by atoms with Gasteiger partial charge in [0.05, 0.1) is 0 Å². The predicted molar refractivity (Wildman–Crippen MR) is 46.4 cm³/mol. The molecule has 0 fully saturated rings. The van der Waals surface area contributed by atoms with E-state index in [1.807, 2.05) is 6.08 Å². The van der Waals surface area contributed by atoms with Crippen molar-refractivity contribution in [2.24, 2.45) is 5.41 Å². The molecule has 1 nitrogen and oxygen atoms in total. The van der Waals surface area contributed by atoms with E-state index >= 15 is 0 Å². The van der Waals surface area contributed by atoms with Crippen LogP contribution in [-0.2, 0) is 4.79 Å². The van der Waals surface area contributed by atoms with Crippen LogP contribution in [0.3, 0.4) is 0 Å². The quantitative estimate of drug-likeness (QED) is 0.564. The lowest BCUT2D eigenvalue weighted by atomic mass is 9.76. The largest absolute Gasteiger partial charge is 0.295 e. The van der Waals surface area contributed by atoms with Gasteiger partial charge in [-0.1, -0.05) is 26.3 Å². The summed E-state index contributed by atoms with van der Waals surface area (Å²) in [4.78, 5) is 11.2. The van der Waals surface area contributed by atoms with E-state index in [-0.39, 0.29) is 5.41 Å². The molecule has 0 spiro atoms. The second-order valence-electron chi connectivity index (χ2n) is 4.14. The molecule has 0 saturated heterocycles. The number of ketones is 1. The van der Waals surface area contributed by atoms with E-state index in [1.165, 1.54) is 5.57 Å². The summed E-state index contributed by atoms with van der Waals surface area (Å²) in [5.74, 6) is 0.304. The van der Waals surface area contributed by atoms with Crippen LogP contribution in [0.5, 0.6) is 0 Å². The van der Waals surface area contributed by atoms with Gasteiger partial charge in [-0.05, 0) is 24.3 Å². The van der Waals surface area contributed by atoms with Gasteiger partial charge in [0.2, 0.25) is 0 Å². The molecule has 0 aromatic rings. The average Bonchev–Trinajstić information content (AvgIpc) is 1.83. The van der Waals surface area contributed by atoms with Crippen LogP contribution in [-0.4, -0.2) is 5.78 Å². The Bertz CT molecular complexity index is 199. The van der Waals surface area contributed by atoms with Gasteiger partial charge in [-0.2, -0.15) is 0 Å². The van der Waals surface area contributed by atoms with Gasteiger partial charge in [0.1, 0.15) is 0 Å². The first-order valence-corrected chi connectivity index (χ1v) is 4.26. The summed E-state index contributed by atoms with van der Waals surface area (Å²) in [6.45, 7) is 6.43. The maximum absolute atomic E-state index is 11.2. The maximum Gasteiger partial charge on any atom is 0.156 e. The van der Waals surface area contributed by atoms with Gasteiger partial charge in [0.15, 0.2) is 5.78 Å². The van der Waals surface area contributed by atoms with Crippen molar-refractivity contribution in [1.82, 2.24) is 0 Å². The van der Waals surface area contributed by atoms with Crippen molar-refractivity contribution < 1.29 is 4.79 Å². The highest BCUT2D eigenvalue weighted by Crippen LogP contribution is 2.34. The zero-order valence-electron chi connectivity index (χ0n) is 7.61. The van der Waals surface area contributed by atoms with Crippen LogP contribution in [0.15, 0.2) is 11.6 Å². The van der Waals surface area contributed by atoms with Crippen LogP contribution in [0.1, 0.15) is 40.0 Å². The summed E-state index contributed by atoms with van der Waals surface area (Å²) in [5, 5.41) is 0. The molecule has 0 aromatic heterocycles. The zero-order valence-corrected chi connectivity index (χ0v) is 7.61. The molecule has 0 N–H and O–H groups in total. The second kappa shape index (κ2) is 2.80. The van der Waals surface area contributed by atoms with Crippen molar-refractivity contribution in [3.8, 4) is 0 Å². The summed E-state index contributed by atoms with van der Waals surface area (Å²) in [6, 6.07) is 0. The molecular weight excluding hydrogens is 136 g/mol. The number of hydrogen-bond donors (Lipinski definition) is 0. The van der Waals surface area contributed by atoms with Crippen molar-refractivity contribution in [3.05, 3.63) is 11.6 Å².